The third kappa shape index (κ3) is 5.70. The van der Waals surface area contributed by atoms with E-state index in [-0.39, 0.29) is 0 Å². The van der Waals surface area contributed by atoms with Gasteiger partial charge >= 0.3 is 0 Å². The van der Waals surface area contributed by atoms with E-state index in [2.05, 4.69) is 217 Å². The third-order valence-corrected chi connectivity index (χ3v) is 11.4. The monoisotopic (exact) mass is 724 g/mol. The van der Waals surface area contributed by atoms with Crippen LogP contribution in [-0.4, -0.2) is 9.38 Å². The Morgan fingerprint density at radius 2 is 0.737 bits per heavy atom. The molecule has 266 valence electrons. The van der Waals surface area contributed by atoms with E-state index < -0.39 is 0 Å². The highest BCUT2D eigenvalue weighted by Gasteiger charge is 2.19. The summed E-state index contributed by atoms with van der Waals surface area (Å²) in [4.78, 5) is 5.12. The first-order chi connectivity index (χ1) is 28.3. The molecular formula is C55H36N2. The summed E-state index contributed by atoms with van der Waals surface area (Å²) in [5.41, 5.74) is 15.0. The van der Waals surface area contributed by atoms with Gasteiger partial charge in [0.2, 0.25) is 0 Å². The van der Waals surface area contributed by atoms with Crippen LogP contribution in [0.5, 0.6) is 0 Å². The Bertz CT molecular complexity index is 3190. The van der Waals surface area contributed by atoms with Gasteiger partial charge in [-0.3, -0.25) is 4.40 Å². The molecule has 0 atom stereocenters. The molecule has 0 bridgehead atoms. The van der Waals surface area contributed by atoms with E-state index >= 15 is 0 Å². The molecule has 2 aromatic heterocycles. The lowest BCUT2D eigenvalue weighted by atomic mass is 9.85. The highest BCUT2D eigenvalue weighted by Crippen LogP contribution is 2.44. The molecule has 2 heterocycles. The Hall–Kier alpha value is -7.55. The Kier molecular flexibility index (Phi) is 7.86. The number of nitrogens with zero attached hydrogens (tertiary/aromatic N) is 2. The van der Waals surface area contributed by atoms with E-state index in [0.717, 1.165) is 28.2 Å². The van der Waals surface area contributed by atoms with Crippen LogP contribution in [0.4, 0.5) is 0 Å². The number of pyridine rings is 1. The van der Waals surface area contributed by atoms with Crippen molar-refractivity contribution in [2.24, 2.45) is 0 Å². The molecule has 2 heteroatoms. The minimum absolute atomic E-state index is 0.936. The van der Waals surface area contributed by atoms with E-state index in [9.17, 15) is 0 Å². The molecule has 0 radical (unpaired) electrons. The number of rotatable bonds is 6. The smallest absolute Gasteiger partial charge is 0.137 e. The second kappa shape index (κ2) is 13.6. The molecule has 0 aliphatic heterocycles. The second-order valence-corrected chi connectivity index (χ2v) is 14.7. The lowest BCUT2D eigenvalue weighted by Gasteiger charge is -2.18. The van der Waals surface area contributed by atoms with Crippen molar-refractivity contribution in [3.63, 3.8) is 0 Å². The van der Waals surface area contributed by atoms with Crippen molar-refractivity contribution in [2.45, 2.75) is 0 Å². The first-order valence-corrected chi connectivity index (χ1v) is 19.5. The largest absolute Gasteiger partial charge is 0.299 e. The van der Waals surface area contributed by atoms with Crippen molar-refractivity contribution in [3.8, 4) is 67.0 Å². The Morgan fingerprint density at radius 3 is 1.32 bits per heavy atom. The maximum atomic E-state index is 5.12. The van der Waals surface area contributed by atoms with Gasteiger partial charge in [-0.2, -0.15) is 0 Å². The van der Waals surface area contributed by atoms with Crippen LogP contribution in [0.2, 0.25) is 0 Å². The number of imidazole rings is 1. The number of benzene rings is 9. The van der Waals surface area contributed by atoms with Gasteiger partial charge in [0.15, 0.2) is 0 Å². The topological polar surface area (TPSA) is 17.3 Å². The van der Waals surface area contributed by atoms with Gasteiger partial charge in [0, 0.05) is 17.3 Å². The molecule has 0 aliphatic carbocycles. The highest BCUT2D eigenvalue weighted by atomic mass is 15.0. The summed E-state index contributed by atoms with van der Waals surface area (Å²) in [7, 11) is 0. The average Bonchev–Trinajstić information content (AvgIpc) is 3.68. The molecule has 0 unspecified atom stereocenters. The van der Waals surface area contributed by atoms with Gasteiger partial charge in [0.05, 0.1) is 11.4 Å². The molecule has 0 aliphatic rings. The molecule has 9 aromatic carbocycles. The molecule has 0 amide bonds. The summed E-state index contributed by atoms with van der Waals surface area (Å²) in [5, 5.41) is 7.50. The molecular weight excluding hydrogens is 689 g/mol. The van der Waals surface area contributed by atoms with Crippen molar-refractivity contribution in [1.82, 2.24) is 9.38 Å². The molecule has 11 aromatic rings. The quantitative estimate of drug-likeness (QED) is 0.156. The molecule has 0 saturated heterocycles. The zero-order valence-electron chi connectivity index (χ0n) is 31.2. The third-order valence-electron chi connectivity index (χ3n) is 11.4. The standard InChI is InChI=1S/C55H36N2/c1-2-13-44(14-3-1)55-54(56-51-20-10-11-35-57(51)55)43-32-30-42(31-33-43)53-49-18-8-6-16-47(49)52(48-17-7-9-19-50(48)53)41-28-25-39(26-29-41)38-21-23-40(24-22-38)46-34-27-37-12-4-5-15-45(37)36-46/h1-36H. The molecule has 11 rings (SSSR count). The predicted molar refractivity (Wildman–Crippen MR) is 240 cm³/mol. The van der Waals surface area contributed by atoms with Gasteiger partial charge in [0.1, 0.15) is 5.65 Å². The van der Waals surface area contributed by atoms with Crippen LogP contribution < -0.4 is 0 Å². The van der Waals surface area contributed by atoms with E-state index in [1.165, 1.54) is 76.8 Å². The van der Waals surface area contributed by atoms with E-state index in [1.54, 1.807) is 0 Å². The SMILES string of the molecule is c1ccc(-c2c(-c3ccc(-c4c5ccccc5c(-c5ccc(-c6ccc(-c7ccc8ccccc8c7)cc6)cc5)c5ccccc45)cc3)nc3ccccn23)cc1. The van der Waals surface area contributed by atoms with Crippen LogP contribution in [0.15, 0.2) is 219 Å². The predicted octanol–water partition coefficient (Wildman–Crippen LogP) is 14.8. The van der Waals surface area contributed by atoms with E-state index in [4.69, 9.17) is 4.98 Å². The summed E-state index contributed by atoms with van der Waals surface area (Å²) >= 11 is 0. The van der Waals surface area contributed by atoms with Crippen molar-refractivity contribution in [1.29, 1.82) is 0 Å². The molecule has 0 saturated carbocycles. The van der Waals surface area contributed by atoms with Crippen LogP contribution >= 0.6 is 0 Å². The van der Waals surface area contributed by atoms with Crippen molar-refractivity contribution in [3.05, 3.63) is 219 Å². The van der Waals surface area contributed by atoms with E-state index in [0.29, 0.717) is 0 Å². The second-order valence-electron chi connectivity index (χ2n) is 14.7. The van der Waals surface area contributed by atoms with Gasteiger partial charge in [-0.15, -0.1) is 0 Å². The minimum atomic E-state index is 0.936. The number of fused-ring (bicyclic) bond motifs is 4. The molecule has 57 heavy (non-hydrogen) atoms. The summed E-state index contributed by atoms with van der Waals surface area (Å²) in [5.74, 6) is 0. The molecule has 0 fully saturated rings. The van der Waals surface area contributed by atoms with Crippen molar-refractivity contribution < 1.29 is 0 Å². The highest BCUT2D eigenvalue weighted by molar-refractivity contribution is 6.21. The van der Waals surface area contributed by atoms with Gasteiger partial charge in [-0.1, -0.05) is 194 Å². The van der Waals surface area contributed by atoms with Crippen LogP contribution in [0, 0.1) is 0 Å². The zero-order chi connectivity index (χ0) is 37.7. The Labute approximate surface area is 331 Å². The Balaban J connectivity index is 0.969. The number of hydrogen-bond acceptors (Lipinski definition) is 1. The van der Waals surface area contributed by atoms with Crippen molar-refractivity contribution in [2.75, 3.05) is 0 Å². The lowest BCUT2D eigenvalue weighted by Crippen LogP contribution is -1.91. The van der Waals surface area contributed by atoms with Crippen LogP contribution in [0.3, 0.4) is 0 Å². The minimum Gasteiger partial charge on any atom is -0.299 e. The van der Waals surface area contributed by atoms with Crippen LogP contribution in [-0.2, 0) is 0 Å². The average molecular weight is 725 g/mol. The summed E-state index contributed by atoms with van der Waals surface area (Å²) in [6.07, 6.45) is 2.10. The van der Waals surface area contributed by atoms with Crippen molar-refractivity contribution >= 4 is 38.0 Å². The van der Waals surface area contributed by atoms with Gasteiger partial charge in [-0.25, -0.2) is 4.98 Å². The summed E-state index contributed by atoms with van der Waals surface area (Å²) in [6, 6.07) is 76.7. The fourth-order valence-electron chi connectivity index (χ4n) is 8.67. The Morgan fingerprint density at radius 1 is 0.298 bits per heavy atom. The maximum absolute atomic E-state index is 5.12. The maximum Gasteiger partial charge on any atom is 0.137 e. The first kappa shape index (κ1) is 32.8. The van der Waals surface area contributed by atoms with Gasteiger partial charge in [-0.05, 0) is 95.0 Å². The van der Waals surface area contributed by atoms with Crippen LogP contribution in [0.1, 0.15) is 0 Å². The lowest BCUT2D eigenvalue weighted by molar-refractivity contribution is 1.19. The normalized spacial score (nSPS) is 11.5. The fraction of sp³-hybridized carbons (Fsp3) is 0. The fourth-order valence-corrected chi connectivity index (χ4v) is 8.67. The summed E-state index contributed by atoms with van der Waals surface area (Å²) in [6.45, 7) is 0. The van der Waals surface area contributed by atoms with E-state index in [1.807, 2.05) is 6.07 Å². The molecule has 2 nitrogen and oxygen atoms in total. The first-order valence-electron chi connectivity index (χ1n) is 19.5. The number of hydrogen-bond donors (Lipinski definition) is 0. The zero-order valence-corrected chi connectivity index (χ0v) is 31.2. The molecule has 0 spiro atoms. The molecule has 0 N–H and O–H groups in total. The van der Waals surface area contributed by atoms with Gasteiger partial charge < -0.3 is 0 Å². The van der Waals surface area contributed by atoms with Gasteiger partial charge in [0.25, 0.3) is 0 Å². The summed E-state index contributed by atoms with van der Waals surface area (Å²) < 4.78 is 2.19. The van der Waals surface area contributed by atoms with Crippen LogP contribution in [0.25, 0.3) is 105 Å². The number of aromatic nitrogens is 2.